The predicted molar refractivity (Wildman–Crippen MR) is 170 cm³/mol. The van der Waals surface area contributed by atoms with Gasteiger partial charge in [-0.3, -0.25) is 14.3 Å². The van der Waals surface area contributed by atoms with Crippen molar-refractivity contribution in [2.24, 2.45) is 5.92 Å². The third-order valence-corrected chi connectivity index (χ3v) is 8.36. The van der Waals surface area contributed by atoms with Gasteiger partial charge in [-0.25, -0.2) is 4.79 Å². The van der Waals surface area contributed by atoms with Crippen LogP contribution in [0.1, 0.15) is 114 Å². The minimum Gasteiger partial charge on any atom is -0.494 e. The third kappa shape index (κ3) is 5.80. The summed E-state index contributed by atoms with van der Waals surface area (Å²) in [6.45, 7) is 17.8. The molecule has 232 valence electrons. The number of carbonyl (C=O) groups excluding carboxylic acids is 2. The van der Waals surface area contributed by atoms with Gasteiger partial charge in [0, 0.05) is 22.8 Å². The summed E-state index contributed by atoms with van der Waals surface area (Å²) in [5.41, 5.74) is -0.504. The Bertz CT molecular complexity index is 1520. The van der Waals surface area contributed by atoms with Crippen LogP contribution in [-0.2, 0) is 27.0 Å². The number of hydrogen-bond donors (Lipinski definition) is 2. The fourth-order valence-electron chi connectivity index (χ4n) is 6.13. The Kier molecular flexibility index (Phi) is 8.82. The number of fused-ring (bicyclic) bond motifs is 1. The SMILES string of the molecule is CCCn1c(O)c2c(c1O)[C@@](CC(C)C)(C(=O)OC(C)(C)C)N(C(=O)c1ccc(C(C)(C)C)c(Br)c1)[C@H]2c1ccccn1. The Labute approximate surface area is 263 Å². The summed E-state index contributed by atoms with van der Waals surface area (Å²) in [5, 5.41) is 23.5. The number of amides is 1. The number of aromatic hydroxyl groups is 2. The molecule has 3 aromatic rings. The molecule has 0 aliphatic carbocycles. The molecule has 4 rings (SSSR count). The number of hydrogen-bond acceptors (Lipinski definition) is 6. The van der Waals surface area contributed by atoms with Crippen molar-refractivity contribution in [1.29, 1.82) is 0 Å². The van der Waals surface area contributed by atoms with E-state index in [1.54, 1.807) is 57.3 Å². The molecule has 1 aromatic carbocycles. The highest BCUT2D eigenvalue weighted by atomic mass is 79.9. The number of rotatable bonds is 7. The Hall–Kier alpha value is -3.33. The highest BCUT2D eigenvalue weighted by Crippen LogP contribution is 2.60. The van der Waals surface area contributed by atoms with Crippen LogP contribution in [0.2, 0.25) is 0 Å². The van der Waals surface area contributed by atoms with E-state index in [0.29, 0.717) is 24.2 Å². The first kappa shape index (κ1) is 32.6. The minimum atomic E-state index is -1.76. The van der Waals surface area contributed by atoms with Crippen molar-refractivity contribution < 1.29 is 24.5 Å². The van der Waals surface area contributed by atoms with Crippen molar-refractivity contribution in [3.8, 4) is 11.8 Å². The van der Waals surface area contributed by atoms with E-state index in [9.17, 15) is 19.8 Å². The molecule has 1 aliphatic heterocycles. The third-order valence-electron chi connectivity index (χ3n) is 7.70. The first-order chi connectivity index (χ1) is 20.0. The molecule has 2 N–H and O–H groups in total. The smallest absolute Gasteiger partial charge is 0.337 e. The van der Waals surface area contributed by atoms with Crippen LogP contribution in [0.15, 0.2) is 47.1 Å². The molecule has 0 saturated carbocycles. The summed E-state index contributed by atoms with van der Waals surface area (Å²) in [7, 11) is 0. The van der Waals surface area contributed by atoms with Crippen LogP contribution >= 0.6 is 15.9 Å². The van der Waals surface area contributed by atoms with Gasteiger partial charge in [0.2, 0.25) is 5.88 Å². The summed E-state index contributed by atoms with van der Waals surface area (Å²) in [6.07, 6.45) is 2.39. The Balaban J connectivity index is 2.11. The second-order valence-electron chi connectivity index (χ2n) is 13.8. The molecule has 1 aliphatic rings. The van der Waals surface area contributed by atoms with Gasteiger partial charge in [-0.2, -0.15) is 0 Å². The molecule has 2 atom stereocenters. The standard InChI is InChI=1S/C34H44BrN3O5/c1-10-17-37-29(40)25-26(30(37)41)34(19-20(2)3,31(42)43-33(7,8)9)38(27(25)24-13-11-12-16-36-24)28(39)21-14-15-22(23(35)18-21)32(4,5)6/h11-16,18,20,27,40-41H,10,17,19H2,1-9H3/t27-,34-/m0/s1. The van der Waals surface area contributed by atoms with Gasteiger partial charge in [-0.1, -0.05) is 69.6 Å². The van der Waals surface area contributed by atoms with Crippen LogP contribution < -0.4 is 0 Å². The molecule has 3 heterocycles. The van der Waals surface area contributed by atoms with Crippen molar-refractivity contribution in [3.63, 3.8) is 0 Å². The van der Waals surface area contributed by atoms with Crippen LogP contribution in [0, 0.1) is 5.92 Å². The van der Waals surface area contributed by atoms with E-state index in [1.165, 1.54) is 9.47 Å². The number of benzene rings is 1. The Morgan fingerprint density at radius 2 is 1.74 bits per heavy atom. The maximum atomic E-state index is 14.9. The molecule has 0 unspecified atom stereocenters. The summed E-state index contributed by atoms with van der Waals surface area (Å²) in [5.74, 6) is -1.66. The van der Waals surface area contributed by atoms with Gasteiger partial charge in [-0.05, 0) is 74.8 Å². The Morgan fingerprint density at radius 1 is 1.07 bits per heavy atom. The molecule has 43 heavy (non-hydrogen) atoms. The average molecular weight is 655 g/mol. The zero-order chi connectivity index (χ0) is 32.1. The summed E-state index contributed by atoms with van der Waals surface area (Å²) >= 11 is 3.67. The van der Waals surface area contributed by atoms with Crippen LogP contribution in [0.3, 0.4) is 0 Å². The Morgan fingerprint density at radius 3 is 2.26 bits per heavy atom. The first-order valence-corrected chi connectivity index (χ1v) is 15.7. The van der Waals surface area contributed by atoms with E-state index in [-0.39, 0.29) is 40.6 Å². The van der Waals surface area contributed by atoms with E-state index in [1.807, 2.05) is 26.8 Å². The fourth-order valence-corrected chi connectivity index (χ4v) is 7.10. The molecule has 0 bridgehead atoms. The van der Waals surface area contributed by atoms with E-state index in [0.717, 1.165) is 10.0 Å². The van der Waals surface area contributed by atoms with Crippen LogP contribution in [0.25, 0.3) is 0 Å². The second kappa shape index (κ2) is 11.6. The topological polar surface area (TPSA) is 105 Å². The van der Waals surface area contributed by atoms with Crippen molar-refractivity contribution in [2.75, 3.05) is 0 Å². The highest BCUT2D eigenvalue weighted by Gasteiger charge is 2.63. The zero-order valence-corrected chi connectivity index (χ0v) is 28.2. The lowest BCUT2D eigenvalue weighted by molar-refractivity contribution is -0.170. The first-order valence-electron chi connectivity index (χ1n) is 14.9. The van der Waals surface area contributed by atoms with Crippen LogP contribution in [0.4, 0.5) is 0 Å². The number of halogens is 1. The average Bonchev–Trinajstić information content (AvgIpc) is 3.33. The monoisotopic (exact) mass is 653 g/mol. The number of aromatic nitrogens is 2. The van der Waals surface area contributed by atoms with Gasteiger partial charge >= 0.3 is 5.97 Å². The lowest BCUT2D eigenvalue weighted by Gasteiger charge is -2.42. The van der Waals surface area contributed by atoms with Crippen molar-refractivity contribution in [1.82, 2.24) is 14.5 Å². The van der Waals surface area contributed by atoms with Gasteiger partial charge in [0.25, 0.3) is 5.91 Å². The second-order valence-corrected chi connectivity index (χ2v) is 14.7. The van der Waals surface area contributed by atoms with Crippen LogP contribution in [-0.4, -0.2) is 42.1 Å². The summed E-state index contributed by atoms with van der Waals surface area (Å²) in [6, 6.07) is 9.81. The van der Waals surface area contributed by atoms with Crippen LogP contribution in [0.5, 0.6) is 11.8 Å². The van der Waals surface area contributed by atoms with E-state index >= 15 is 0 Å². The number of pyridine rings is 1. The molecule has 0 spiro atoms. The van der Waals surface area contributed by atoms with Gasteiger partial charge in [0.1, 0.15) is 11.6 Å². The molecule has 0 saturated heterocycles. The van der Waals surface area contributed by atoms with E-state index in [2.05, 4.69) is 41.7 Å². The summed E-state index contributed by atoms with van der Waals surface area (Å²) in [4.78, 5) is 35.6. The largest absolute Gasteiger partial charge is 0.494 e. The maximum Gasteiger partial charge on any atom is 0.337 e. The number of nitrogens with zero attached hydrogens (tertiary/aromatic N) is 3. The van der Waals surface area contributed by atoms with Crippen molar-refractivity contribution in [3.05, 3.63) is 75.0 Å². The molecule has 1 amide bonds. The highest BCUT2D eigenvalue weighted by molar-refractivity contribution is 9.10. The predicted octanol–water partition coefficient (Wildman–Crippen LogP) is 7.59. The lowest BCUT2D eigenvalue weighted by atomic mass is 9.82. The van der Waals surface area contributed by atoms with Gasteiger partial charge in [0.05, 0.1) is 16.8 Å². The molecule has 0 radical (unpaired) electrons. The normalized spacial score (nSPS) is 18.7. The molecule has 2 aromatic heterocycles. The lowest BCUT2D eigenvalue weighted by Crippen LogP contribution is -2.55. The van der Waals surface area contributed by atoms with Gasteiger partial charge in [0.15, 0.2) is 11.4 Å². The van der Waals surface area contributed by atoms with Gasteiger partial charge in [-0.15, -0.1) is 0 Å². The molecule has 9 heteroatoms. The molecule has 0 fully saturated rings. The zero-order valence-electron chi connectivity index (χ0n) is 26.7. The summed E-state index contributed by atoms with van der Waals surface area (Å²) < 4.78 is 8.25. The number of ether oxygens (including phenoxy) is 1. The van der Waals surface area contributed by atoms with Gasteiger partial charge < -0.3 is 19.8 Å². The quantitative estimate of drug-likeness (QED) is 0.255. The molecule has 8 nitrogen and oxygen atoms in total. The minimum absolute atomic E-state index is 0.107. The van der Waals surface area contributed by atoms with Crippen molar-refractivity contribution in [2.45, 2.75) is 104 Å². The maximum absolute atomic E-state index is 14.9. The van der Waals surface area contributed by atoms with E-state index < -0.39 is 29.1 Å². The fraction of sp³-hybridized carbons (Fsp3) is 0.500. The number of carbonyl (C=O) groups is 2. The molecular formula is C34H44BrN3O5. The molecular weight excluding hydrogens is 610 g/mol. The van der Waals surface area contributed by atoms with E-state index in [4.69, 9.17) is 4.74 Å². The number of esters is 1. The van der Waals surface area contributed by atoms with Crippen molar-refractivity contribution >= 4 is 27.8 Å².